The average Bonchev–Trinajstić information content (AvgIpc) is 2.98. The van der Waals surface area contributed by atoms with Gasteiger partial charge in [-0.3, -0.25) is 9.59 Å². The number of carbonyl (C=O) groups excluding carboxylic acids is 3. The molecule has 1 aliphatic rings. The molecule has 9 heteroatoms. The van der Waals surface area contributed by atoms with Crippen molar-refractivity contribution >= 4 is 75.0 Å². The van der Waals surface area contributed by atoms with Gasteiger partial charge >= 0.3 is 5.97 Å². The first-order valence-electron chi connectivity index (χ1n) is 9.22. The van der Waals surface area contributed by atoms with E-state index < -0.39 is 17.8 Å². The van der Waals surface area contributed by atoms with Crippen LogP contribution in [-0.4, -0.2) is 17.8 Å². The van der Waals surface area contributed by atoms with E-state index >= 15 is 0 Å². The zero-order valence-corrected chi connectivity index (χ0v) is 19.8. The summed E-state index contributed by atoms with van der Waals surface area (Å²) in [7, 11) is 0. The van der Waals surface area contributed by atoms with Gasteiger partial charge in [0.1, 0.15) is 16.5 Å². The maximum Gasteiger partial charge on any atom is 0.343 e. The van der Waals surface area contributed by atoms with Gasteiger partial charge < -0.3 is 10.1 Å². The van der Waals surface area contributed by atoms with E-state index in [1.807, 2.05) is 0 Å². The lowest BCUT2D eigenvalue weighted by molar-refractivity contribution is -0.120. The molecular weight excluding hydrogens is 566 g/mol. The standard InChI is InChI=1S/C23H13Cl2IN2O4/c24-14-2-1-3-18(12-14)32-23(31)13-4-8-16(9-5-13)27-20-19(25)21(29)28(22(20)30)17-10-6-15(26)7-11-17/h1-12,27H. The summed E-state index contributed by atoms with van der Waals surface area (Å²) < 4.78 is 6.26. The Labute approximate surface area is 206 Å². The number of hydrogen-bond donors (Lipinski definition) is 1. The summed E-state index contributed by atoms with van der Waals surface area (Å²) in [5.41, 5.74) is 1.16. The van der Waals surface area contributed by atoms with Gasteiger partial charge in [0.2, 0.25) is 0 Å². The van der Waals surface area contributed by atoms with Gasteiger partial charge in [0, 0.05) is 14.3 Å². The van der Waals surface area contributed by atoms with Crippen LogP contribution in [0.2, 0.25) is 5.02 Å². The molecule has 160 valence electrons. The number of halogens is 3. The number of esters is 1. The Morgan fingerprint density at radius 2 is 1.59 bits per heavy atom. The van der Waals surface area contributed by atoms with Crippen molar-refractivity contribution in [2.45, 2.75) is 0 Å². The predicted molar refractivity (Wildman–Crippen MR) is 131 cm³/mol. The van der Waals surface area contributed by atoms with E-state index in [2.05, 4.69) is 27.9 Å². The highest BCUT2D eigenvalue weighted by Crippen LogP contribution is 2.30. The van der Waals surface area contributed by atoms with Crippen LogP contribution in [0.15, 0.2) is 83.5 Å². The van der Waals surface area contributed by atoms with E-state index in [-0.39, 0.29) is 10.7 Å². The lowest BCUT2D eigenvalue weighted by atomic mass is 10.2. The number of rotatable bonds is 5. The van der Waals surface area contributed by atoms with Crippen molar-refractivity contribution in [3.05, 3.63) is 97.7 Å². The zero-order valence-electron chi connectivity index (χ0n) is 16.1. The number of nitrogens with one attached hydrogen (secondary N) is 1. The minimum Gasteiger partial charge on any atom is -0.423 e. The van der Waals surface area contributed by atoms with Crippen LogP contribution in [-0.2, 0) is 9.59 Å². The highest BCUT2D eigenvalue weighted by atomic mass is 127. The van der Waals surface area contributed by atoms with E-state index in [1.54, 1.807) is 54.6 Å². The molecule has 1 aliphatic heterocycles. The van der Waals surface area contributed by atoms with Gasteiger partial charge in [0.25, 0.3) is 11.8 Å². The van der Waals surface area contributed by atoms with Gasteiger partial charge in [-0.25, -0.2) is 9.69 Å². The van der Waals surface area contributed by atoms with Crippen molar-refractivity contribution < 1.29 is 19.1 Å². The number of nitrogens with zero attached hydrogens (tertiary/aromatic N) is 1. The van der Waals surface area contributed by atoms with Crippen LogP contribution in [0.5, 0.6) is 5.75 Å². The van der Waals surface area contributed by atoms with E-state index in [9.17, 15) is 14.4 Å². The molecule has 32 heavy (non-hydrogen) atoms. The Morgan fingerprint density at radius 1 is 0.906 bits per heavy atom. The maximum absolute atomic E-state index is 12.8. The normalized spacial score (nSPS) is 13.5. The molecule has 1 N–H and O–H groups in total. The maximum atomic E-state index is 12.8. The minimum absolute atomic E-state index is 0.0375. The van der Waals surface area contributed by atoms with Gasteiger partial charge in [-0.1, -0.05) is 29.3 Å². The first kappa shape index (κ1) is 22.3. The second-order valence-corrected chi connectivity index (χ2v) is 8.72. The molecule has 0 radical (unpaired) electrons. The Hall–Kier alpha value is -2.88. The van der Waals surface area contributed by atoms with Crippen molar-refractivity contribution in [1.82, 2.24) is 0 Å². The van der Waals surface area contributed by atoms with Crippen LogP contribution in [0.4, 0.5) is 11.4 Å². The smallest absolute Gasteiger partial charge is 0.343 e. The molecule has 0 saturated heterocycles. The number of hydrogen-bond acceptors (Lipinski definition) is 5. The van der Waals surface area contributed by atoms with Crippen molar-refractivity contribution in [3.63, 3.8) is 0 Å². The van der Waals surface area contributed by atoms with Gasteiger partial charge in [-0.05, 0) is 89.3 Å². The van der Waals surface area contributed by atoms with Gasteiger partial charge in [-0.15, -0.1) is 0 Å². The summed E-state index contributed by atoms with van der Waals surface area (Å²) in [4.78, 5) is 38.7. The summed E-state index contributed by atoms with van der Waals surface area (Å²) in [5.74, 6) is -1.41. The number of benzene rings is 3. The fourth-order valence-electron chi connectivity index (χ4n) is 2.97. The molecule has 0 atom stereocenters. The zero-order chi connectivity index (χ0) is 22.8. The van der Waals surface area contributed by atoms with Crippen LogP contribution in [0, 0.1) is 3.57 Å². The Balaban J connectivity index is 1.48. The number of anilines is 2. The third-order valence-electron chi connectivity index (χ3n) is 4.51. The largest absolute Gasteiger partial charge is 0.423 e. The van der Waals surface area contributed by atoms with E-state index in [0.717, 1.165) is 8.47 Å². The number of amides is 2. The van der Waals surface area contributed by atoms with E-state index in [4.69, 9.17) is 27.9 Å². The summed E-state index contributed by atoms with van der Waals surface area (Å²) in [6.45, 7) is 0. The lowest BCUT2D eigenvalue weighted by Crippen LogP contribution is -2.32. The third-order valence-corrected chi connectivity index (χ3v) is 5.81. The van der Waals surface area contributed by atoms with Crippen LogP contribution >= 0.6 is 45.8 Å². The first-order chi connectivity index (χ1) is 15.3. The van der Waals surface area contributed by atoms with Crippen molar-refractivity contribution in [1.29, 1.82) is 0 Å². The molecule has 3 aromatic rings. The molecule has 0 bridgehead atoms. The molecule has 3 aromatic carbocycles. The monoisotopic (exact) mass is 578 g/mol. The second-order valence-electron chi connectivity index (χ2n) is 6.66. The van der Waals surface area contributed by atoms with Gasteiger partial charge in [-0.2, -0.15) is 0 Å². The van der Waals surface area contributed by atoms with Crippen LogP contribution in [0.3, 0.4) is 0 Å². The molecule has 2 amide bonds. The van der Waals surface area contributed by atoms with Crippen molar-refractivity contribution in [2.24, 2.45) is 0 Å². The van der Waals surface area contributed by atoms with Crippen LogP contribution in [0.25, 0.3) is 0 Å². The first-order valence-corrected chi connectivity index (χ1v) is 11.1. The Bertz CT molecular complexity index is 1260. The van der Waals surface area contributed by atoms with E-state index in [0.29, 0.717) is 27.7 Å². The topological polar surface area (TPSA) is 75.7 Å². The SMILES string of the molecule is O=C(Oc1cccc(Cl)c1)c1ccc(NC2=C(Cl)C(=O)N(c3ccc(I)cc3)C2=O)cc1. The number of imide groups is 1. The van der Waals surface area contributed by atoms with Crippen molar-refractivity contribution in [3.8, 4) is 5.75 Å². The van der Waals surface area contributed by atoms with Crippen LogP contribution < -0.4 is 15.0 Å². The lowest BCUT2D eigenvalue weighted by Gasteiger charge is -2.15. The van der Waals surface area contributed by atoms with Gasteiger partial charge in [0.05, 0.1) is 11.3 Å². The molecule has 6 nitrogen and oxygen atoms in total. The molecule has 0 spiro atoms. The molecule has 1 heterocycles. The van der Waals surface area contributed by atoms with E-state index in [1.165, 1.54) is 18.2 Å². The molecule has 4 rings (SSSR count). The minimum atomic E-state index is -0.609. The molecular formula is C23H13Cl2IN2O4. The third kappa shape index (κ3) is 4.64. The average molecular weight is 579 g/mol. The van der Waals surface area contributed by atoms with Gasteiger partial charge in [0.15, 0.2) is 0 Å². The quantitative estimate of drug-likeness (QED) is 0.185. The Morgan fingerprint density at radius 3 is 2.25 bits per heavy atom. The second kappa shape index (κ2) is 9.32. The number of carbonyl (C=O) groups is 3. The molecule has 0 aliphatic carbocycles. The highest BCUT2D eigenvalue weighted by molar-refractivity contribution is 14.1. The number of ether oxygens (including phenoxy) is 1. The summed E-state index contributed by atoms with van der Waals surface area (Å²) in [6.07, 6.45) is 0. The van der Waals surface area contributed by atoms with Crippen molar-refractivity contribution in [2.75, 3.05) is 10.2 Å². The Kier molecular flexibility index (Phi) is 6.50. The molecule has 0 fully saturated rings. The molecule has 0 saturated carbocycles. The summed E-state index contributed by atoms with van der Waals surface area (Å²) in [6, 6.07) is 19.6. The van der Waals surface area contributed by atoms with Crippen LogP contribution in [0.1, 0.15) is 10.4 Å². The molecule has 0 aromatic heterocycles. The fraction of sp³-hybridized carbons (Fsp3) is 0. The fourth-order valence-corrected chi connectivity index (χ4v) is 3.72. The highest BCUT2D eigenvalue weighted by Gasteiger charge is 2.38. The summed E-state index contributed by atoms with van der Waals surface area (Å²) in [5, 5.41) is 3.11. The molecule has 0 unspecified atom stereocenters. The summed E-state index contributed by atoms with van der Waals surface area (Å²) >= 11 is 14.2. The predicted octanol–water partition coefficient (Wildman–Crippen LogP) is 5.60.